The first-order chi connectivity index (χ1) is 10.7. The van der Waals surface area contributed by atoms with Gasteiger partial charge >= 0.3 is 6.03 Å². The normalized spacial score (nSPS) is 19.5. The number of amides is 2. The highest BCUT2D eigenvalue weighted by Gasteiger charge is 2.27. The summed E-state index contributed by atoms with van der Waals surface area (Å²) >= 11 is 0. The largest absolute Gasteiger partial charge is 0.459 e. The van der Waals surface area contributed by atoms with Gasteiger partial charge < -0.3 is 20.0 Å². The van der Waals surface area contributed by atoms with Crippen molar-refractivity contribution >= 4 is 17.0 Å². The number of fused-ring (bicyclic) bond motifs is 1. The lowest BCUT2D eigenvalue weighted by molar-refractivity contribution is 0.208. The van der Waals surface area contributed by atoms with Gasteiger partial charge in [-0.2, -0.15) is 0 Å². The predicted molar refractivity (Wildman–Crippen MR) is 86.8 cm³/mol. The summed E-state index contributed by atoms with van der Waals surface area (Å²) in [6, 6.07) is 10.6. The van der Waals surface area contributed by atoms with Gasteiger partial charge in [0.05, 0.1) is 6.04 Å². The molecular weight excluding hydrogens is 278 g/mol. The maximum atomic E-state index is 11.8. The van der Waals surface area contributed by atoms with Crippen LogP contribution in [0.15, 0.2) is 34.7 Å². The summed E-state index contributed by atoms with van der Waals surface area (Å²) in [6.45, 7) is 6.26. The van der Waals surface area contributed by atoms with Gasteiger partial charge in [-0.15, -0.1) is 0 Å². The van der Waals surface area contributed by atoms with E-state index in [-0.39, 0.29) is 12.1 Å². The van der Waals surface area contributed by atoms with E-state index in [9.17, 15) is 4.79 Å². The zero-order valence-corrected chi connectivity index (χ0v) is 13.1. The molecule has 22 heavy (non-hydrogen) atoms. The van der Waals surface area contributed by atoms with Crippen LogP contribution in [-0.4, -0.2) is 36.6 Å². The van der Waals surface area contributed by atoms with Crippen molar-refractivity contribution in [2.75, 3.05) is 19.6 Å². The van der Waals surface area contributed by atoms with E-state index < -0.39 is 0 Å². The van der Waals surface area contributed by atoms with E-state index in [1.165, 1.54) is 0 Å². The topological polar surface area (TPSA) is 57.5 Å². The van der Waals surface area contributed by atoms with E-state index in [4.69, 9.17) is 4.42 Å². The highest BCUT2D eigenvalue weighted by Crippen LogP contribution is 2.24. The van der Waals surface area contributed by atoms with Gasteiger partial charge in [0, 0.05) is 31.1 Å². The molecule has 1 aliphatic rings. The van der Waals surface area contributed by atoms with E-state index in [1.54, 1.807) is 0 Å². The third kappa shape index (κ3) is 3.09. The van der Waals surface area contributed by atoms with Gasteiger partial charge in [-0.05, 0) is 32.4 Å². The monoisotopic (exact) mass is 301 g/mol. The van der Waals surface area contributed by atoms with Crippen LogP contribution in [-0.2, 0) is 0 Å². The van der Waals surface area contributed by atoms with Crippen LogP contribution in [0.25, 0.3) is 11.0 Å². The number of hydrogen-bond donors (Lipinski definition) is 2. The van der Waals surface area contributed by atoms with Gasteiger partial charge in [0.25, 0.3) is 0 Å². The molecular formula is C17H23N3O2. The number of urea groups is 1. The molecule has 118 valence electrons. The summed E-state index contributed by atoms with van der Waals surface area (Å²) in [4.78, 5) is 13.7. The molecule has 1 aromatic carbocycles. The fraction of sp³-hybridized carbons (Fsp3) is 0.471. The van der Waals surface area contributed by atoms with E-state index in [2.05, 4.69) is 29.7 Å². The van der Waals surface area contributed by atoms with Crippen molar-refractivity contribution in [3.05, 3.63) is 36.1 Å². The number of furan rings is 1. The minimum atomic E-state index is 0.0307. The Hall–Kier alpha value is -2.01. The second-order valence-corrected chi connectivity index (χ2v) is 5.84. The van der Waals surface area contributed by atoms with Gasteiger partial charge in [-0.3, -0.25) is 0 Å². The Labute approximate surface area is 130 Å². The smallest absolute Gasteiger partial charge is 0.317 e. The number of likely N-dealkylation sites (tertiary alicyclic amines) is 1. The molecule has 2 aromatic rings. The van der Waals surface area contributed by atoms with Gasteiger partial charge in [0.1, 0.15) is 11.3 Å². The summed E-state index contributed by atoms with van der Waals surface area (Å²) in [7, 11) is 0. The van der Waals surface area contributed by atoms with Crippen molar-refractivity contribution in [3.63, 3.8) is 0 Å². The molecule has 0 aliphatic carbocycles. The summed E-state index contributed by atoms with van der Waals surface area (Å²) in [6.07, 6.45) is 0.974. The van der Waals surface area contributed by atoms with E-state index in [1.807, 2.05) is 30.0 Å². The van der Waals surface area contributed by atoms with Crippen molar-refractivity contribution in [2.24, 2.45) is 0 Å². The molecule has 1 saturated heterocycles. The SMILES string of the molecule is CCNC(=O)N1CC[C@H](N[C@H](C)c2cc3ccccc3o2)C1. The van der Waals surface area contributed by atoms with Crippen LogP contribution in [0.3, 0.4) is 0 Å². The van der Waals surface area contributed by atoms with E-state index in [0.29, 0.717) is 12.6 Å². The molecule has 2 amide bonds. The van der Waals surface area contributed by atoms with Crippen molar-refractivity contribution in [3.8, 4) is 0 Å². The lowest BCUT2D eigenvalue weighted by Gasteiger charge is -2.19. The average Bonchev–Trinajstić information content (AvgIpc) is 3.13. The number of carbonyl (C=O) groups excluding carboxylic acids is 1. The first kappa shape index (κ1) is 14.9. The maximum Gasteiger partial charge on any atom is 0.317 e. The number of nitrogens with zero attached hydrogens (tertiary/aromatic N) is 1. The summed E-state index contributed by atoms with van der Waals surface area (Å²) in [5.41, 5.74) is 0.918. The molecule has 2 N–H and O–H groups in total. The van der Waals surface area contributed by atoms with E-state index >= 15 is 0 Å². The Kier molecular flexibility index (Phi) is 4.34. The quantitative estimate of drug-likeness (QED) is 0.913. The second kappa shape index (κ2) is 6.40. The second-order valence-electron chi connectivity index (χ2n) is 5.84. The van der Waals surface area contributed by atoms with Crippen molar-refractivity contribution < 1.29 is 9.21 Å². The van der Waals surface area contributed by atoms with Crippen LogP contribution in [0.1, 0.15) is 32.1 Å². The van der Waals surface area contributed by atoms with Crippen molar-refractivity contribution in [2.45, 2.75) is 32.4 Å². The molecule has 1 aromatic heterocycles. The first-order valence-corrected chi connectivity index (χ1v) is 7.94. The number of hydrogen-bond acceptors (Lipinski definition) is 3. The van der Waals surface area contributed by atoms with E-state index in [0.717, 1.165) is 36.2 Å². The molecule has 5 heteroatoms. The third-order valence-electron chi connectivity index (χ3n) is 4.16. The summed E-state index contributed by atoms with van der Waals surface area (Å²) in [5, 5.41) is 7.55. The molecule has 2 heterocycles. The zero-order valence-electron chi connectivity index (χ0n) is 13.1. The molecule has 5 nitrogen and oxygen atoms in total. The fourth-order valence-corrected chi connectivity index (χ4v) is 3.00. The van der Waals surface area contributed by atoms with Crippen molar-refractivity contribution in [1.29, 1.82) is 0 Å². The molecule has 0 radical (unpaired) electrons. The van der Waals surface area contributed by atoms with Crippen LogP contribution in [0, 0.1) is 0 Å². The number of rotatable bonds is 4. The Morgan fingerprint density at radius 2 is 2.27 bits per heavy atom. The van der Waals surface area contributed by atoms with Crippen LogP contribution in [0.2, 0.25) is 0 Å². The molecule has 1 aliphatic heterocycles. The van der Waals surface area contributed by atoms with Crippen molar-refractivity contribution in [1.82, 2.24) is 15.5 Å². The number of benzene rings is 1. The molecule has 2 atom stereocenters. The van der Waals surface area contributed by atoms with Gasteiger partial charge in [0.2, 0.25) is 0 Å². The van der Waals surface area contributed by atoms with Crippen LogP contribution in [0.4, 0.5) is 4.79 Å². The molecule has 1 fully saturated rings. The summed E-state index contributed by atoms with van der Waals surface area (Å²) < 4.78 is 5.90. The molecule has 0 spiro atoms. The minimum Gasteiger partial charge on any atom is -0.459 e. The zero-order chi connectivity index (χ0) is 15.5. The third-order valence-corrected chi connectivity index (χ3v) is 4.16. The number of para-hydroxylation sites is 1. The summed E-state index contributed by atoms with van der Waals surface area (Å²) in [5.74, 6) is 0.942. The average molecular weight is 301 g/mol. The fourth-order valence-electron chi connectivity index (χ4n) is 3.00. The molecule has 0 unspecified atom stereocenters. The lowest BCUT2D eigenvalue weighted by atomic mass is 10.2. The maximum absolute atomic E-state index is 11.8. The number of nitrogens with one attached hydrogen (secondary N) is 2. The Balaban J connectivity index is 1.60. The van der Waals surface area contributed by atoms with Crippen LogP contribution < -0.4 is 10.6 Å². The first-order valence-electron chi connectivity index (χ1n) is 7.94. The molecule has 0 saturated carbocycles. The van der Waals surface area contributed by atoms with Gasteiger partial charge in [-0.25, -0.2) is 4.79 Å². The highest BCUT2D eigenvalue weighted by atomic mass is 16.3. The standard InChI is InChI=1S/C17H23N3O2/c1-3-18-17(21)20-9-8-14(11-20)19-12(2)16-10-13-6-4-5-7-15(13)22-16/h4-7,10,12,14,19H,3,8-9,11H2,1-2H3,(H,18,21)/t12-,14+/m1/s1. The Morgan fingerprint density at radius 3 is 3.05 bits per heavy atom. The lowest BCUT2D eigenvalue weighted by Crippen LogP contribution is -2.41. The Morgan fingerprint density at radius 1 is 1.45 bits per heavy atom. The van der Waals surface area contributed by atoms with Gasteiger partial charge in [-0.1, -0.05) is 18.2 Å². The minimum absolute atomic E-state index is 0.0307. The molecule has 3 rings (SSSR count). The van der Waals surface area contributed by atoms with Crippen LogP contribution >= 0.6 is 0 Å². The molecule has 0 bridgehead atoms. The highest BCUT2D eigenvalue weighted by molar-refractivity contribution is 5.77. The predicted octanol–water partition coefficient (Wildman–Crippen LogP) is 2.89. The van der Waals surface area contributed by atoms with Gasteiger partial charge in [0.15, 0.2) is 0 Å². The Bertz CT molecular complexity index is 619. The van der Waals surface area contributed by atoms with Crippen LogP contribution in [0.5, 0.6) is 0 Å². The number of carbonyl (C=O) groups is 1.